The Bertz CT molecular complexity index is 969. The van der Waals surface area contributed by atoms with E-state index in [0.717, 1.165) is 31.2 Å². The predicted molar refractivity (Wildman–Crippen MR) is 121 cm³/mol. The minimum atomic E-state index is -1.32. The lowest BCUT2D eigenvalue weighted by Gasteiger charge is -2.39. The number of nitrogens with zero attached hydrogens (tertiary/aromatic N) is 1. The van der Waals surface area contributed by atoms with Crippen molar-refractivity contribution in [3.8, 4) is 0 Å². The lowest BCUT2D eigenvalue weighted by molar-refractivity contribution is -0.133. The van der Waals surface area contributed by atoms with Crippen LogP contribution in [0.3, 0.4) is 0 Å². The number of para-hydroxylation sites is 2. The van der Waals surface area contributed by atoms with Gasteiger partial charge in [-0.1, -0.05) is 61.7 Å². The molecule has 0 aromatic heterocycles. The molecule has 1 atom stereocenters. The van der Waals surface area contributed by atoms with E-state index in [1.807, 2.05) is 42.5 Å². The summed E-state index contributed by atoms with van der Waals surface area (Å²) in [4.78, 5) is 41.5. The smallest absolute Gasteiger partial charge is 0.246 e. The number of carbonyl (C=O) groups excluding carboxylic acids is 3. The van der Waals surface area contributed by atoms with Gasteiger partial charge in [0.25, 0.3) is 0 Å². The monoisotopic (exact) mass is 419 g/mol. The Kier molecular flexibility index (Phi) is 6.07. The molecule has 1 aliphatic heterocycles. The number of benzene rings is 2. The Labute approximate surface area is 183 Å². The normalized spacial score (nSPS) is 21.6. The quantitative estimate of drug-likeness (QED) is 0.791. The molecular weight excluding hydrogens is 390 g/mol. The molecule has 1 fully saturated rings. The molecule has 2 aromatic carbocycles. The van der Waals surface area contributed by atoms with Gasteiger partial charge >= 0.3 is 0 Å². The summed E-state index contributed by atoms with van der Waals surface area (Å²) in [5.41, 5.74) is 0.641. The van der Waals surface area contributed by atoms with Gasteiger partial charge in [0.1, 0.15) is 5.54 Å². The number of fused-ring (bicyclic) bond motifs is 1. The number of amides is 3. The van der Waals surface area contributed by atoms with Crippen LogP contribution in [0.2, 0.25) is 0 Å². The summed E-state index contributed by atoms with van der Waals surface area (Å²) in [6.07, 6.45) is 5.27. The minimum absolute atomic E-state index is 0.0886. The minimum Gasteiger partial charge on any atom is -0.351 e. The SMILES string of the molecule is CC1(C(=O)NC2CCCCC2)CC(=O)Nc2ccccc2N1C(=O)Cc1ccccc1. The van der Waals surface area contributed by atoms with E-state index in [0.29, 0.717) is 11.4 Å². The molecule has 1 saturated carbocycles. The van der Waals surface area contributed by atoms with E-state index in [2.05, 4.69) is 10.6 Å². The summed E-state index contributed by atoms with van der Waals surface area (Å²) in [6, 6.07) is 16.7. The van der Waals surface area contributed by atoms with Crippen molar-refractivity contribution in [2.24, 2.45) is 0 Å². The number of rotatable bonds is 4. The zero-order chi connectivity index (χ0) is 21.8. The van der Waals surface area contributed by atoms with Gasteiger partial charge in [-0.25, -0.2) is 0 Å². The third kappa shape index (κ3) is 4.48. The second kappa shape index (κ2) is 8.92. The average Bonchev–Trinajstić information content (AvgIpc) is 2.88. The van der Waals surface area contributed by atoms with E-state index in [1.54, 1.807) is 19.1 Å². The number of carbonyl (C=O) groups is 3. The maximum absolute atomic E-state index is 13.6. The molecule has 162 valence electrons. The van der Waals surface area contributed by atoms with E-state index >= 15 is 0 Å². The molecule has 6 nitrogen and oxygen atoms in total. The van der Waals surface area contributed by atoms with Crippen molar-refractivity contribution in [3.63, 3.8) is 0 Å². The van der Waals surface area contributed by atoms with Crippen LogP contribution in [0, 0.1) is 0 Å². The Hall–Kier alpha value is -3.15. The van der Waals surface area contributed by atoms with Crippen molar-refractivity contribution in [1.82, 2.24) is 5.32 Å². The molecule has 0 spiro atoms. The number of anilines is 2. The van der Waals surface area contributed by atoms with Crippen LogP contribution in [0.5, 0.6) is 0 Å². The number of hydrogen-bond donors (Lipinski definition) is 2. The number of hydrogen-bond acceptors (Lipinski definition) is 3. The molecule has 1 aliphatic carbocycles. The second-order valence-corrected chi connectivity index (χ2v) is 8.72. The molecule has 1 unspecified atom stereocenters. The molecule has 31 heavy (non-hydrogen) atoms. The molecule has 0 bridgehead atoms. The zero-order valence-corrected chi connectivity index (χ0v) is 17.9. The standard InChI is InChI=1S/C25H29N3O3/c1-25(24(31)26-19-12-6-3-7-13-19)17-22(29)27-20-14-8-9-15-21(20)28(25)23(30)16-18-10-4-2-5-11-18/h2,4-5,8-11,14-15,19H,3,6-7,12-13,16-17H2,1H3,(H,26,31)(H,27,29). The molecule has 3 amide bonds. The molecule has 0 saturated heterocycles. The summed E-state index contributed by atoms with van der Waals surface area (Å²) in [7, 11) is 0. The van der Waals surface area contributed by atoms with Gasteiger partial charge in [-0.3, -0.25) is 19.3 Å². The van der Waals surface area contributed by atoms with Crippen molar-refractivity contribution >= 4 is 29.1 Å². The Morgan fingerprint density at radius 2 is 1.71 bits per heavy atom. The highest BCUT2D eigenvalue weighted by molar-refractivity contribution is 6.12. The highest BCUT2D eigenvalue weighted by atomic mass is 16.2. The van der Waals surface area contributed by atoms with Gasteiger partial charge < -0.3 is 10.6 Å². The molecule has 0 radical (unpaired) electrons. The van der Waals surface area contributed by atoms with Crippen LogP contribution in [-0.4, -0.2) is 29.3 Å². The van der Waals surface area contributed by atoms with E-state index < -0.39 is 5.54 Å². The van der Waals surface area contributed by atoms with Crippen molar-refractivity contribution in [2.45, 2.75) is 63.5 Å². The molecular formula is C25H29N3O3. The van der Waals surface area contributed by atoms with E-state index in [9.17, 15) is 14.4 Å². The summed E-state index contributed by atoms with van der Waals surface area (Å²) in [6.45, 7) is 1.70. The third-order valence-electron chi connectivity index (χ3n) is 6.29. The van der Waals surface area contributed by atoms with Gasteiger partial charge in [0.15, 0.2) is 0 Å². The average molecular weight is 420 g/mol. The Balaban J connectivity index is 1.71. The lowest BCUT2D eigenvalue weighted by Crippen LogP contribution is -2.61. The maximum Gasteiger partial charge on any atom is 0.246 e. The van der Waals surface area contributed by atoms with Gasteiger partial charge in [0, 0.05) is 6.04 Å². The van der Waals surface area contributed by atoms with Gasteiger partial charge in [0.2, 0.25) is 17.7 Å². The second-order valence-electron chi connectivity index (χ2n) is 8.72. The first kappa shape index (κ1) is 21.1. The maximum atomic E-state index is 13.6. The lowest BCUT2D eigenvalue weighted by atomic mass is 9.90. The van der Waals surface area contributed by atoms with Crippen molar-refractivity contribution < 1.29 is 14.4 Å². The summed E-state index contributed by atoms with van der Waals surface area (Å²) < 4.78 is 0. The highest BCUT2D eigenvalue weighted by Gasteiger charge is 2.47. The van der Waals surface area contributed by atoms with Crippen molar-refractivity contribution in [1.29, 1.82) is 0 Å². The van der Waals surface area contributed by atoms with Crippen LogP contribution < -0.4 is 15.5 Å². The largest absolute Gasteiger partial charge is 0.351 e. The highest BCUT2D eigenvalue weighted by Crippen LogP contribution is 2.37. The number of nitrogens with one attached hydrogen (secondary N) is 2. The van der Waals surface area contributed by atoms with Gasteiger partial charge in [-0.05, 0) is 37.5 Å². The Morgan fingerprint density at radius 3 is 2.45 bits per heavy atom. The van der Waals surface area contributed by atoms with E-state index in [4.69, 9.17) is 0 Å². The predicted octanol–water partition coefficient (Wildman–Crippen LogP) is 3.81. The van der Waals surface area contributed by atoms with Crippen LogP contribution in [0.1, 0.15) is 51.0 Å². The molecule has 6 heteroatoms. The summed E-state index contributed by atoms with van der Waals surface area (Å²) >= 11 is 0. The molecule has 1 heterocycles. The van der Waals surface area contributed by atoms with Gasteiger partial charge in [0.05, 0.1) is 24.2 Å². The van der Waals surface area contributed by atoms with Crippen LogP contribution >= 0.6 is 0 Å². The van der Waals surface area contributed by atoms with Gasteiger partial charge in [-0.2, -0.15) is 0 Å². The van der Waals surface area contributed by atoms with Crippen LogP contribution in [0.15, 0.2) is 54.6 Å². The first-order chi connectivity index (χ1) is 15.0. The van der Waals surface area contributed by atoms with E-state index in [-0.39, 0.29) is 36.6 Å². The van der Waals surface area contributed by atoms with Crippen molar-refractivity contribution in [2.75, 3.05) is 10.2 Å². The van der Waals surface area contributed by atoms with Crippen LogP contribution in [-0.2, 0) is 20.8 Å². The summed E-state index contributed by atoms with van der Waals surface area (Å²) in [5, 5.41) is 6.02. The zero-order valence-electron chi connectivity index (χ0n) is 17.9. The first-order valence-corrected chi connectivity index (χ1v) is 11.0. The van der Waals surface area contributed by atoms with Crippen LogP contribution in [0.4, 0.5) is 11.4 Å². The fraction of sp³-hybridized carbons (Fsp3) is 0.400. The first-order valence-electron chi connectivity index (χ1n) is 11.0. The fourth-order valence-corrected chi connectivity index (χ4v) is 4.66. The molecule has 2 N–H and O–H groups in total. The fourth-order valence-electron chi connectivity index (χ4n) is 4.66. The molecule has 2 aliphatic rings. The Morgan fingerprint density at radius 1 is 1.03 bits per heavy atom. The molecule has 4 rings (SSSR count). The molecule has 2 aromatic rings. The topological polar surface area (TPSA) is 78.5 Å². The third-order valence-corrected chi connectivity index (χ3v) is 6.29. The van der Waals surface area contributed by atoms with Crippen molar-refractivity contribution in [3.05, 3.63) is 60.2 Å². The van der Waals surface area contributed by atoms with Gasteiger partial charge in [-0.15, -0.1) is 0 Å². The van der Waals surface area contributed by atoms with E-state index in [1.165, 1.54) is 11.3 Å². The van der Waals surface area contributed by atoms with Crippen LogP contribution in [0.25, 0.3) is 0 Å². The summed E-state index contributed by atoms with van der Waals surface area (Å²) in [5.74, 6) is -0.757.